The van der Waals surface area contributed by atoms with Crippen LogP contribution in [0.15, 0.2) is 29.2 Å². The molecule has 0 bridgehead atoms. The van der Waals surface area contributed by atoms with Crippen molar-refractivity contribution >= 4 is 31.5 Å². The van der Waals surface area contributed by atoms with Gasteiger partial charge < -0.3 is 0 Å². The standard InChI is InChI=1S/C13H18ClNO4S2/c1-2-7-15(12-6-8-20(16,17)10-12)21(18,19)13-5-3-4-11(14)9-13/h3-5,9,12H,2,6-8,10H2,1H3. The lowest BCUT2D eigenvalue weighted by Crippen LogP contribution is -2.41. The van der Waals surface area contributed by atoms with Gasteiger partial charge in [-0.3, -0.25) is 0 Å². The van der Waals surface area contributed by atoms with E-state index in [1.165, 1.54) is 16.4 Å². The second-order valence-electron chi connectivity index (χ2n) is 5.13. The molecule has 0 saturated carbocycles. The second kappa shape index (κ2) is 6.24. The predicted octanol–water partition coefficient (Wildman–Crippen LogP) is 1.93. The van der Waals surface area contributed by atoms with Crippen LogP contribution >= 0.6 is 11.6 Å². The smallest absolute Gasteiger partial charge is 0.229 e. The van der Waals surface area contributed by atoms with Crippen molar-refractivity contribution in [3.05, 3.63) is 29.3 Å². The molecule has 1 atom stereocenters. The van der Waals surface area contributed by atoms with Gasteiger partial charge in [-0.2, -0.15) is 4.31 Å². The van der Waals surface area contributed by atoms with Crippen LogP contribution in [-0.2, 0) is 19.9 Å². The molecule has 1 saturated heterocycles. The Balaban J connectivity index is 2.37. The van der Waals surface area contributed by atoms with Gasteiger partial charge in [0, 0.05) is 17.6 Å². The lowest BCUT2D eigenvalue weighted by Gasteiger charge is -2.27. The fraction of sp³-hybridized carbons (Fsp3) is 0.538. The zero-order valence-corrected chi connectivity index (χ0v) is 14.1. The largest absolute Gasteiger partial charge is 0.243 e. The minimum absolute atomic E-state index is 0.0446. The Labute approximate surface area is 130 Å². The van der Waals surface area contributed by atoms with E-state index in [0.29, 0.717) is 24.4 Å². The Morgan fingerprint density at radius 1 is 1.38 bits per heavy atom. The zero-order valence-electron chi connectivity index (χ0n) is 11.7. The normalized spacial score (nSPS) is 21.8. The van der Waals surface area contributed by atoms with Gasteiger partial charge in [-0.05, 0) is 31.0 Å². The van der Waals surface area contributed by atoms with Crippen molar-refractivity contribution in [1.82, 2.24) is 4.31 Å². The van der Waals surface area contributed by atoms with Gasteiger partial charge in [-0.15, -0.1) is 0 Å². The molecular formula is C13H18ClNO4S2. The Kier molecular flexibility index (Phi) is 4.97. The molecule has 0 aromatic heterocycles. The molecule has 8 heteroatoms. The topological polar surface area (TPSA) is 71.5 Å². The zero-order chi connectivity index (χ0) is 15.7. The van der Waals surface area contributed by atoms with Crippen molar-refractivity contribution in [1.29, 1.82) is 0 Å². The minimum Gasteiger partial charge on any atom is -0.229 e. The molecule has 0 radical (unpaired) electrons. The van der Waals surface area contributed by atoms with E-state index in [1.807, 2.05) is 6.92 Å². The number of sulfonamides is 1. The first-order valence-electron chi connectivity index (χ1n) is 6.74. The molecular weight excluding hydrogens is 334 g/mol. The highest BCUT2D eigenvalue weighted by atomic mass is 35.5. The maximum Gasteiger partial charge on any atom is 0.243 e. The summed E-state index contributed by atoms with van der Waals surface area (Å²) in [5.74, 6) is -0.0598. The van der Waals surface area contributed by atoms with Gasteiger partial charge in [0.25, 0.3) is 0 Å². The maximum atomic E-state index is 12.7. The SMILES string of the molecule is CCCN(C1CCS(=O)(=O)C1)S(=O)(=O)c1cccc(Cl)c1. The molecule has 0 aliphatic carbocycles. The summed E-state index contributed by atoms with van der Waals surface area (Å²) in [6.45, 7) is 2.17. The molecule has 1 unspecified atom stereocenters. The molecule has 0 N–H and O–H groups in total. The van der Waals surface area contributed by atoms with Crippen molar-refractivity contribution in [2.24, 2.45) is 0 Å². The Hall–Kier alpha value is -0.630. The van der Waals surface area contributed by atoms with Crippen molar-refractivity contribution in [2.45, 2.75) is 30.7 Å². The molecule has 0 amide bonds. The number of rotatable bonds is 5. The first-order valence-corrected chi connectivity index (χ1v) is 10.4. The summed E-state index contributed by atoms with van der Waals surface area (Å²) in [5.41, 5.74) is 0. The van der Waals surface area contributed by atoms with Crippen LogP contribution < -0.4 is 0 Å². The first kappa shape index (κ1) is 16.7. The van der Waals surface area contributed by atoms with Crippen molar-refractivity contribution in [3.63, 3.8) is 0 Å². The number of halogens is 1. The van der Waals surface area contributed by atoms with Crippen LogP contribution in [0.5, 0.6) is 0 Å². The highest BCUT2D eigenvalue weighted by Crippen LogP contribution is 2.26. The monoisotopic (exact) mass is 351 g/mol. The lowest BCUT2D eigenvalue weighted by atomic mass is 10.2. The van der Waals surface area contributed by atoms with E-state index in [2.05, 4.69) is 0 Å². The van der Waals surface area contributed by atoms with Gasteiger partial charge in [-0.25, -0.2) is 16.8 Å². The molecule has 1 heterocycles. The average molecular weight is 352 g/mol. The van der Waals surface area contributed by atoms with Gasteiger partial charge in [0.1, 0.15) is 0 Å². The van der Waals surface area contributed by atoms with Crippen LogP contribution in [-0.4, -0.2) is 45.2 Å². The number of nitrogens with zero attached hydrogens (tertiary/aromatic N) is 1. The molecule has 118 valence electrons. The summed E-state index contributed by atoms with van der Waals surface area (Å²) < 4.78 is 50.0. The van der Waals surface area contributed by atoms with E-state index in [9.17, 15) is 16.8 Å². The molecule has 1 aromatic rings. The number of hydrogen-bond acceptors (Lipinski definition) is 4. The Bertz CT molecular complexity index is 715. The summed E-state index contributed by atoms with van der Waals surface area (Å²) in [4.78, 5) is 0.104. The molecule has 0 spiro atoms. The number of sulfone groups is 1. The van der Waals surface area contributed by atoms with Gasteiger partial charge in [0.2, 0.25) is 10.0 Å². The van der Waals surface area contributed by atoms with Crippen molar-refractivity contribution in [2.75, 3.05) is 18.1 Å². The van der Waals surface area contributed by atoms with E-state index < -0.39 is 25.9 Å². The van der Waals surface area contributed by atoms with Crippen molar-refractivity contribution < 1.29 is 16.8 Å². The van der Waals surface area contributed by atoms with E-state index in [1.54, 1.807) is 12.1 Å². The molecule has 1 aliphatic heterocycles. The highest BCUT2D eigenvalue weighted by molar-refractivity contribution is 7.92. The average Bonchev–Trinajstić information content (AvgIpc) is 2.75. The molecule has 2 rings (SSSR count). The van der Waals surface area contributed by atoms with Crippen LogP contribution in [0.25, 0.3) is 0 Å². The van der Waals surface area contributed by atoms with Gasteiger partial charge in [0.05, 0.1) is 16.4 Å². The summed E-state index contributed by atoms with van der Waals surface area (Å²) in [6, 6.07) is 5.56. The van der Waals surface area contributed by atoms with Crippen LogP contribution in [0, 0.1) is 0 Å². The first-order chi connectivity index (χ1) is 9.76. The van der Waals surface area contributed by atoms with Crippen LogP contribution in [0.2, 0.25) is 5.02 Å². The predicted molar refractivity (Wildman–Crippen MR) is 82.7 cm³/mol. The fourth-order valence-corrected chi connectivity index (χ4v) is 6.36. The minimum atomic E-state index is -3.73. The van der Waals surface area contributed by atoms with E-state index in [-0.39, 0.29) is 16.4 Å². The summed E-state index contributed by atoms with van der Waals surface area (Å²) >= 11 is 5.86. The molecule has 21 heavy (non-hydrogen) atoms. The molecule has 1 fully saturated rings. The summed E-state index contributed by atoms with van der Waals surface area (Å²) in [7, 11) is -6.88. The molecule has 1 aromatic carbocycles. The Morgan fingerprint density at radius 2 is 2.10 bits per heavy atom. The van der Waals surface area contributed by atoms with Crippen LogP contribution in [0.1, 0.15) is 19.8 Å². The van der Waals surface area contributed by atoms with Gasteiger partial charge in [0.15, 0.2) is 9.84 Å². The fourth-order valence-electron chi connectivity index (χ4n) is 2.48. The Morgan fingerprint density at radius 3 is 2.62 bits per heavy atom. The van der Waals surface area contributed by atoms with Crippen molar-refractivity contribution in [3.8, 4) is 0 Å². The quantitative estimate of drug-likeness (QED) is 0.812. The van der Waals surface area contributed by atoms with Crippen LogP contribution in [0.3, 0.4) is 0 Å². The third-order valence-electron chi connectivity index (χ3n) is 3.46. The maximum absolute atomic E-state index is 12.7. The third kappa shape index (κ3) is 3.77. The van der Waals surface area contributed by atoms with Crippen LogP contribution in [0.4, 0.5) is 0 Å². The van der Waals surface area contributed by atoms with E-state index in [0.717, 1.165) is 0 Å². The summed E-state index contributed by atoms with van der Waals surface area (Å²) in [6.07, 6.45) is 0.971. The molecule has 1 aliphatic rings. The second-order valence-corrected chi connectivity index (χ2v) is 9.69. The summed E-state index contributed by atoms with van der Waals surface area (Å²) in [5, 5.41) is 0.339. The highest BCUT2D eigenvalue weighted by Gasteiger charge is 2.38. The van der Waals surface area contributed by atoms with Gasteiger partial charge >= 0.3 is 0 Å². The van der Waals surface area contributed by atoms with E-state index in [4.69, 9.17) is 11.6 Å². The third-order valence-corrected chi connectivity index (χ3v) is 7.40. The number of hydrogen-bond donors (Lipinski definition) is 0. The number of benzene rings is 1. The lowest BCUT2D eigenvalue weighted by molar-refractivity contribution is 0.340. The van der Waals surface area contributed by atoms with E-state index >= 15 is 0 Å². The molecule has 5 nitrogen and oxygen atoms in total. The van der Waals surface area contributed by atoms with Gasteiger partial charge in [-0.1, -0.05) is 24.6 Å².